The van der Waals surface area contributed by atoms with E-state index in [9.17, 15) is 0 Å². The van der Waals surface area contributed by atoms with Crippen molar-refractivity contribution in [3.63, 3.8) is 0 Å². The SMILES string of the molecule is COc1cccc(-c2cnc(CO)s2)c1. The number of benzene rings is 1. The Morgan fingerprint density at radius 2 is 2.33 bits per heavy atom. The monoisotopic (exact) mass is 221 g/mol. The maximum Gasteiger partial charge on any atom is 0.119 e. The molecule has 2 rings (SSSR count). The van der Waals surface area contributed by atoms with Crippen molar-refractivity contribution in [2.75, 3.05) is 7.11 Å². The Morgan fingerprint density at radius 1 is 1.47 bits per heavy atom. The summed E-state index contributed by atoms with van der Waals surface area (Å²) in [7, 11) is 1.64. The van der Waals surface area contributed by atoms with Gasteiger partial charge in [-0.3, -0.25) is 0 Å². The highest BCUT2D eigenvalue weighted by molar-refractivity contribution is 7.15. The van der Waals surface area contributed by atoms with Crippen molar-refractivity contribution in [2.45, 2.75) is 6.61 Å². The molecule has 1 N–H and O–H groups in total. The van der Waals surface area contributed by atoms with Crippen molar-refractivity contribution in [1.82, 2.24) is 4.98 Å². The first-order chi connectivity index (χ1) is 7.33. The second-order valence-electron chi connectivity index (χ2n) is 3.01. The maximum absolute atomic E-state index is 8.92. The summed E-state index contributed by atoms with van der Waals surface area (Å²) < 4.78 is 5.14. The Morgan fingerprint density at radius 3 is 3.00 bits per heavy atom. The minimum atomic E-state index is -0.00532. The van der Waals surface area contributed by atoms with E-state index < -0.39 is 0 Å². The standard InChI is InChI=1S/C11H11NO2S/c1-14-9-4-2-3-8(5-9)10-6-12-11(7-13)15-10/h2-6,13H,7H2,1H3. The van der Waals surface area contributed by atoms with Gasteiger partial charge in [0.15, 0.2) is 0 Å². The number of methoxy groups -OCH3 is 1. The Balaban J connectivity index is 2.35. The number of aromatic nitrogens is 1. The van der Waals surface area contributed by atoms with Gasteiger partial charge >= 0.3 is 0 Å². The Kier molecular flexibility index (Phi) is 2.99. The van der Waals surface area contributed by atoms with Crippen molar-refractivity contribution in [3.8, 4) is 16.2 Å². The number of aliphatic hydroxyl groups is 1. The van der Waals surface area contributed by atoms with E-state index >= 15 is 0 Å². The second-order valence-corrected chi connectivity index (χ2v) is 4.12. The fourth-order valence-corrected chi connectivity index (χ4v) is 2.07. The van der Waals surface area contributed by atoms with Crippen LogP contribution in [0.1, 0.15) is 5.01 Å². The van der Waals surface area contributed by atoms with Crippen LogP contribution in [0.3, 0.4) is 0 Å². The molecule has 0 atom stereocenters. The summed E-state index contributed by atoms with van der Waals surface area (Å²) in [6, 6.07) is 7.79. The van der Waals surface area contributed by atoms with E-state index in [0.29, 0.717) is 0 Å². The molecule has 0 saturated carbocycles. The van der Waals surface area contributed by atoms with Crippen LogP contribution in [0.25, 0.3) is 10.4 Å². The van der Waals surface area contributed by atoms with Crippen LogP contribution in [-0.4, -0.2) is 17.2 Å². The summed E-state index contributed by atoms with van der Waals surface area (Å²) in [5.41, 5.74) is 1.06. The highest BCUT2D eigenvalue weighted by atomic mass is 32.1. The summed E-state index contributed by atoms with van der Waals surface area (Å²) in [6.07, 6.45) is 1.77. The van der Waals surface area contributed by atoms with Gasteiger partial charge in [0.05, 0.1) is 18.6 Å². The molecule has 0 unspecified atom stereocenters. The van der Waals surface area contributed by atoms with Crippen LogP contribution in [0, 0.1) is 0 Å². The molecule has 0 aliphatic rings. The molecule has 0 aliphatic heterocycles. The number of hydrogen-bond donors (Lipinski definition) is 1. The molecule has 0 spiro atoms. The minimum Gasteiger partial charge on any atom is -0.497 e. The average molecular weight is 221 g/mol. The molecule has 1 aromatic carbocycles. The van der Waals surface area contributed by atoms with Gasteiger partial charge in [0.2, 0.25) is 0 Å². The van der Waals surface area contributed by atoms with Crippen LogP contribution in [0.15, 0.2) is 30.5 Å². The zero-order chi connectivity index (χ0) is 10.7. The van der Waals surface area contributed by atoms with E-state index in [0.717, 1.165) is 21.2 Å². The van der Waals surface area contributed by atoms with Crippen molar-refractivity contribution in [2.24, 2.45) is 0 Å². The topological polar surface area (TPSA) is 42.4 Å². The molecule has 15 heavy (non-hydrogen) atoms. The van der Waals surface area contributed by atoms with Crippen molar-refractivity contribution >= 4 is 11.3 Å². The first-order valence-corrected chi connectivity index (χ1v) is 5.35. The van der Waals surface area contributed by atoms with Crippen molar-refractivity contribution in [3.05, 3.63) is 35.5 Å². The number of nitrogens with zero attached hydrogens (tertiary/aromatic N) is 1. The van der Waals surface area contributed by atoms with Gasteiger partial charge < -0.3 is 9.84 Å². The van der Waals surface area contributed by atoms with Crippen LogP contribution < -0.4 is 4.74 Å². The van der Waals surface area contributed by atoms with E-state index in [4.69, 9.17) is 9.84 Å². The van der Waals surface area contributed by atoms with E-state index in [1.54, 1.807) is 13.3 Å². The Hall–Kier alpha value is -1.39. The summed E-state index contributed by atoms with van der Waals surface area (Å²) in [5.74, 6) is 0.825. The normalized spacial score (nSPS) is 10.3. The molecule has 0 fully saturated rings. The zero-order valence-corrected chi connectivity index (χ0v) is 9.12. The molecular formula is C11H11NO2S. The van der Waals surface area contributed by atoms with Gasteiger partial charge in [0.1, 0.15) is 10.8 Å². The molecule has 1 heterocycles. The fraction of sp³-hybridized carbons (Fsp3) is 0.182. The van der Waals surface area contributed by atoms with E-state index in [1.165, 1.54) is 11.3 Å². The number of ether oxygens (including phenoxy) is 1. The molecule has 78 valence electrons. The lowest BCUT2D eigenvalue weighted by molar-refractivity contribution is 0.281. The molecule has 0 radical (unpaired) electrons. The van der Waals surface area contributed by atoms with E-state index in [1.807, 2.05) is 24.3 Å². The summed E-state index contributed by atoms with van der Waals surface area (Å²) in [6.45, 7) is -0.00532. The fourth-order valence-electron chi connectivity index (χ4n) is 1.29. The zero-order valence-electron chi connectivity index (χ0n) is 8.30. The third-order valence-electron chi connectivity index (χ3n) is 2.04. The van der Waals surface area contributed by atoms with Gasteiger partial charge in [-0.2, -0.15) is 0 Å². The lowest BCUT2D eigenvalue weighted by Crippen LogP contribution is -1.81. The molecule has 0 saturated heterocycles. The van der Waals surface area contributed by atoms with E-state index in [2.05, 4.69) is 4.98 Å². The van der Waals surface area contributed by atoms with Crippen LogP contribution in [0.2, 0.25) is 0 Å². The number of thiazole rings is 1. The first-order valence-electron chi connectivity index (χ1n) is 4.53. The van der Waals surface area contributed by atoms with Crippen molar-refractivity contribution < 1.29 is 9.84 Å². The molecule has 0 bridgehead atoms. The van der Waals surface area contributed by atoms with Crippen LogP contribution in [-0.2, 0) is 6.61 Å². The van der Waals surface area contributed by atoms with Gasteiger partial charge in [-0.25, -0.2) is 4.98 Å². The molecule has 2 aromatic rings. The lowest BCUT2D eigenvalue weighted by atomic mass is 10.2. The van der Waals surface area contributed by atoms with Crippen LogP contribution in [0.5, 0.6) is 5.75 Å². The molecule has 4 heteroatoms. The second kappa shape index (κ2) is 4.42. The molecule has 1 aromatic heterocycles. The third kappa shape index (κ3) is 2.16. The molecule has 0 amide bonds. The molecule has 0 aliphatic carbocycles. The average Bonchev–Trinajstić information content (AvgIpc) is 2.78. The smallest absolute Gasteiger partial charge is 0.119 e. The van der Waals surface area contributed by atoms with Gasteiger partial charge in [-0.05, 0) is 17.7 Å². The highest BCUT2D eigenvalue weighted by Gasteiger charge is 2.04. The van der Waals surface area contributed by atoms with Gasteiger partial charge in [0, 0.05) is 6.20 Å². The number of rotatable bonds is 3. The van der Waals surface area contributed by atoms with Crippen LogP contribution in [0.4, 0.5) is 0 Å². The molecule has 3 nitrogen and oxygen atoms in total. The van der Waals surface area contributed by atoms with E-state index in [-0.39, 0.29) is 6.61 Å². The predicted octanol–water partition coefficient (Wildman–Crippen LogP) is 2.31. The third-order valence-corrected chi connectivity index (χ3v) is 3.07. The van der Waals surface area contributed by atoms with Gasteiger partial charge in [-0.15, -0.1) is 11.3 Å². The number of aliphatic hydroxyl groups excluding tert-OH is 1. The predicted molar refractivity (Wildman–Crippen MR) is 60.0 cm³/mol. The highest BCUT2D eigenvalue weighted by Crippen LogP contribution is 2.28. The van der Waals surface area contributed by atoms with Gasteiger partial charge in [0.25, 0.3) is 0 Å². The maximum atomic E-state index is 8.92. The first kappa shape index (κ1) is 10.1. The Bertz CT molecular complexity index is 453. The Labute approximate surface area is 92.0 Å². The van der Waals surface area contributed by atoms with Gasteiger partial charge in [-0.1, -0.05) is 12.1 Å². The quantitative estimate of drug-likeness (QED) is 0.864. The summed E-state index contributed by atoms with van der Waals surface area (Å²) in [4.78, 5) is 5.13. The lowest BCUT2D eigenvalue weighted by Gasteiger charge is -2.01. The largest absolute Gasteiger partial charge is 0.497 e. The summed E-state index contributed by atoms with van der Waals surface area (Å²) in [5, 5.41) is 9.65. The summed E-state index contributed by atoms with van der Waals surface area (Å²) >= 11 is 1.49. The molecular weight excluding hydrogens is 210 g/mol. The number of hydrogen-bond acceptors (Lipinski definition) is 4. The van der Waals surface area contributed by atoms with Crippen LogP contribution >= 0.6 is 11.3 Å². The minimum absolute atomic E-state index is 0.00532. The van der Waals surface area contributed by atoms with Crippen molar-refractivity contribution in [1.29, 1.82) is 0 Å².